The molecule has 0 saturated heterocycles. The Labute approximate surface area is 98.9 Å². The summed E-state index contributed by atoms with van der Waals surface area (Å²) in [6.07, 6.45) is 0. The minimum absolute atomic E-state index is 0.410. The highest BCUT2D eigenvalue weighted by Crippen LogP contribution is 2.10. The Morgan fingerprint density at radius 3 is 2.47 bits per heavy atom. The largest absolute Gasteiger partial charge is 0.251 e. The van der Waals surface area contributed by atoms with Gasteiger partial charge in [0.25, 0.3) is 5.95 Å². The van der Waals surface area contributed by atoms with E-state index < -0.39 is 0 Å². The first kappa shape index (κ1) is 10.7. The molecule has 2 heterocycles. The molecule has 0 aliphatic carbocycles. The second-order valence-corrected chi connectivity index (χ2v) is 5.10. The lowest BCUT2D eigenvalue weighted by molar-refractivity contribution is 1.03. The molecule has 7 heteroatoms. The summed E-state index contributed by atoms with van der Waals surface area (Å²) in [5, 5.41) is 0.410. The number of hydrogen-bond acceptors (Lipinski definition) is 6. The fourth-order valence-electron chi connectivity index (χ4n) is 1.07. The van der Waals surface area contributed by atoms with E-state index in [1.54, 1.807) is 0 Å². The first-order chi connectivity index (χ1) is 7.15. The highest BCUT2D eigenvalue weighted by molar-refractivity contribution is 7.66. The zero-order valence-electron chi connectivity index (χ0n) is 8.06. The van der Waals surface area contributed by atoms with E-state index in [-0.39, 0.29) is 0 Å². The van der Waals surface area contributed by atoms with Crippen LogP contribution >= 0.6 is 32.5 Å². The van der Waals surface area contributed by atoms with Crippen molar-refractivity contribution in [2.24, 2.45) is 4.99 Å². The molecular formula is C8H7ClN4S2. The van der Waals surface area contributed by atoms with Crippen molar-refractivity contribution in [3.8, 4) is 0 Å². The fraction of sp³-hybridized carbons (Fsp3) is 0.250. The van der Waals surface area contributed by atoms with Gasteiger partial charge in [-0.25, -0.2) is 9.97 Å². The van der Waals surface area contributed by atoms with Crippen LogP contribution in [-0.4, -0.2) is 14.3 Å². The van der Waals surface area contributed by atoms with Crippen molar-refractivity contribution in [1.29, 1.82) is 0 Å². The maximum Gasteiger partial charge on any atom is 0.251 e. The van der Waals surface area contributed by atoms with Crippen molar-refractivity contribution in [3.63, 3.8) is 0 Å². The number of hydrogen-bond donors (Lipinski definition) is 0. The molecule has 78 valence electrons. The van der Waals surface area contributed by atoms with Crippen LogP contribution in [0.2, 0.25) is 5.15 Å². The van der Waals surface area contributed by atoms with Gasteiger partial charge in [-0.15, -0.1) is 0 Å². The maximum atomic E-state index is 5.83. The molecule has 2 aromatic heterocycles. The Morgan fingerprint density at radius 1 is 1.27 bits per heavy atom. The standard InChI is InChI=1S/C8H7ClN4S2/c1-4-3-5(2)11-8(10-4)12-7-6(9)13-15-14-7/h3H,1-2H3. The van der Waals surface area contributed by atoms with Crippen LogP contribution in [0.5, 0.6) is 0 Å². The minimum Gasteiger partial charge on any atom is -0.216 e. The lowest BCUT2D eigenvalue weighted by atomic mass is 10.4. The Bertz CT molecular complexity index is 525. The van der Waals surface area contributed by atoms with Crippen molar-refractivity contribution >= 4 is 38.4 Å². The van der Waals surface area contributed by atoms with E-state index in [4.69, 9.17) is 11.6 Å². The normalized spacial score (nSPS) is 12.1. The summed E-state index contributed by atoms with van der Waals surface area (Å²) in [6, 6.07) is 1.90. The molecule has 2 aromatic rings. The van der Waals surface area contributed by atoms with Gasteiger partial charge in [0.05, 0.1) is 0 Å². The molecule has 0 N–H and O–H groups in total. The van der Waals surface area contributed by atoms with Crippen LogP contribution in [0.25, 0.3) is 0 Å². The minimum atomic E-state index is 0.410. The second-order valence-electron chi connectivity index (χ2n) is 2.91. The third-order valence-electron chi connectivity index (χ3n) is 1.58. The molecule has 0 aliphatic heterocycles. The number of rotatable bonds is 1. The summed E-state index contributed by atoms with van der Waals surface area (Å²) in [7, 11) is 2.71. The van der Waals surface area contributed by atoms with Crippen molar-refractivity contribution < 1.29 is 0 Å². The number of halogens is 1. The molecule has 0 fully saturated rings. The molecule has 0 atom stereocenters. The average Bonchev–Trinajstić information content (AvgIpc) is 2.50. The van der Waals surface area contributed by atoms with Crippen LogP contribution in [0, 0.1) is 13.8 Å². The number of aryl methyl sites for hydroxylation is 2. The molecule has 4 nitrogen and oxygen atoms in total. The third kappa shape index (κ3) is 2.58. The van der Waals surface area contributed by atoms with E-state index in [2.05, 4.69) is 19.3 Å². The number of aromatic nitrogens is 3. The van der Waals surface area contributed by atoms with E-state index in [1.165, 1.54) is 20.9 Å². The molecule has 0 aromatic carbocycles. The van der Waals surface area contributed by atoms with E-state index in [1.807, 2.05) is 19.9 Å². The van der Waals surface area contributed by atoms with Crippen molar-refractivity contribution in [2.45, 2.75) is 13.8 Å². The van der Waals surface area contributed by atoms with Gasteiger partial charge in [-0.1, -0.05) is 11.6 Å². The van der Waals surface area contributed by atoms with Crippen LogP contribution in [0.1, 0.15) is 11.4 Å². The summed E-state index contributed by atoms with van der Waals surface area (Å²) < 4.78 is 4.59. The molecule has 2 rings (SSSR count). The van der Waals surface area contributed by atoms with E-state index >= 15 is 0 Å². The predicted octanol–water partition coefficient (Wildman–Crippen LogP) is 2.50. The average molecular weight is 259 g/mol. The van der Waals surface area contributed by atoms with Gasteiger partial charge in [0.2, 0.25) is 0 Å². The van der Waals surface area contributed by atoms with E-state index in [0.717, 1.165) is 11.4 Å². The second kappa shape index (κ2) is 4.34. The zero-order valence-corrected chi connectivity index (χ0v) is 10.4. The molecule has 0 spiro atoms. The van der Waals surface area contributed by atoms with Gasteiger partial charge in [0, 0.05) is 21.9 Å². The SMILES string of the molecule is Cc1cc(C)nc(N=c2ssnc2Cl)n1. The summed E-state index contributed by atoms with van der Waals surface area (Å²) in [4.78, 5) is 12.6. The van der Waals surface area contributed by atoms with Crippen molar-refractivity contribution in [2.75, 3.05) is 0 Å². The highest BCUT2D eigenvalue weighted by Gasteiger charge is 2.00. The fourth-order valence-corrected chi connectivity index (χ4v) is 3.04. The van der Waals surface area contributed by atoms with E-state index in [0.29, 0.717) is 15.8 Å². The maximum absolute atomic E-state index is 5.83. The van der Waals surface area contributed by atoms with Gasteiger partial charge in [-0.2, -0.15) is 9.37 Å². The summed E-state index contributed by atoms with van der Waals surface area (Å²) in [6.45, 7) is 3.81. The topological polar surface area (TPSA) is 51.0 Å². The number of nitrogens with zero attached hydrogens (tertiary/aromatic N) is 4. The molecular weight excluding hydrogens is 252 g/mol. The molecule has 0 bridgehead atoms. The Hall–Kier alpha value is -0.850. The Morgan fingerprint density at radius 2 is 1.93 bits per heavy atom. The first-order valence-corrected chi connectivity index (χ1v) is 6.62. The lowest BCUT2D eigenvalue weighted by Crippen LogP contribution is -1.96. The van der Waals surface area contributed by atoms with Gasteiger partial charge in [-0.05, 0) is 30.3 Å². The summed E-state index contributed by atoms with van der Waals surface area (Å²) in [5.74, 6) is 0.436. The summed E-state index contributed by atoms with van der Waals surface area (Å²) in [5.41, 5.74) is 1.79. The zero-order chi connectivity index (χ0) is 10.8. The van der Waals surface area contributed by atoms with Crippen LogP contribution in [0.4, 0.5) is 5.95 Å². The predicted molar refractivity (Wildman–Crippen MR) is 61.7 cm³/mol. The Kier molecular flexibility index (Phi) is 3.08. The molecule has 0 aliphatic rings. The lowest BCUT2D eigenvalue weighted by Gasteiger charge is -1.96. The van der Waals surface area contributed by atoms with Crippen LogP contribution in [-0.2, 0) is 0 Å². The van der Waals surface area contributed by atoms with Gasteiger partial charge >= 0.3 is 0 Å². The van der Waals surface area contributed by atoms with E-state index in [9.17, 15) is 0 Å². The highest BCUT2D eigenvalue weighted by atomic mass is 35.5. The molecule has 0 unspecified atom stereocenters. The van der Waals surface area contributed by atoms with Crippen molar-refractivity contribution in [1.82, 2.24) is 14.3 Å². The monoisotopic (exact) mass is 258 g/mol. The molecule has 0 radical (unpaired) electrons. The van der Waals surface area contributed by atoms with Gasteiger partial charge in [0.15, 0.2) is 9.82 Å². The van der Waals surface area contributed by atoms with Crippen LogP contribution < -0.4 is 4.67 Å². The quantitative estimate of drug-likeness (QED) is 0.739. The van der Waals surface area contributed by atoms with Gasteiger partial charge in [-0.3, -0.25) is 0 Å². The first-order valence-electron chi connectivity index (χ1n) is 4.13. The third-order valence-corrected chi connectivity index (χ3v) is 3.75. The Balaban J connectivity index is 2.53. The van der Waals surface area contributed by atoms with Gasteiger partial charge < -0.3 is 0 Å². The molecule has 15 heavy (non-hydrogen) atoms. The van der Waals surface area contributed by atoms with Crippen LogP contribution in [0.3, 0.4) is 0 Å². The smallest absolute Gasteiger partial charge is 0.216 e. The van der Waals surface area contributed by atoms with Crippen LogP contribution in [0.15, 0.2) is 11.1 Å². The van der Waals surface area contributed by atoms with Crippen molar-refractivity contribution in [3.05, 3.63) is 27.3 Å². The summed E-state index contributed by atoms with van der Waals surface area (Å²) >= 11 is 5.83. The molecule has 0 amide bonds. The molecule has 0 saturated carbocycles. The van der Waals surface area contributed by atoms with Gasteiger partial charge in [0.1, 0.15) is 0 Å².